The Balaban J connectivity index is 1.18. The average Bonchev–Trinajstić information content (AvgIpc) is 3.05. The maximum atomic E-state index is 13.0. The van der Waals surface area contributed by atoms with Crippen molar-refractivity contribution in [2.75, 3.05) is 21.3 Å². The highest BCUT2D eigenvalue weighted by Gasteiger charge is 2.23. The molecule has 0 aromatic heterocycles. The first-order valence-electron chi connectivity index (χ1n) is 14.3. The molecule has 0 aliphatic heterocycles. The smallest absolute Gasteiger partial charge is 0.339 e. The van der Waals surface area contributed by atoms with E-state index in [0.717, 1.165) is 17.2 Å². The van der Waals surface area contributed by atoms with Crippen LogP contribution in [-0.2, 0) is 20.2 Å². The fourth-order valence-electron chi connectivity index (χ4n) is 4.18. The fourth-order valence-corrected chi connectivity index (χ4v) is 6.21. The fraction of sp³-hybridized carbons (Fsp3) is 0.0588. The molecular weight excluding hydrogens is 657 g/mol. The molecule has 48 heavy (non-hydrogen) atoms. The second kappa shape index (κ2) is 14.3. The van der Waals surface area contributed by atoms with Crippen LogP contribution in [-0.4, -0.2) is 28.9 Å². The third-order valence-electron chi connectivity index (χ3n) is 6.64. The van der Waals surface area contributed by atoms with Gasteiger partial charge in [-0.1, -0.05) is 41.5 Å². The van der Waals surface area contributed by atoms with E-state index >= 15 is 0 Å². The third kappa shape index (κ3) is 9.11. The van der Waals surface area contributed by atoms with E-state index in [1.54, 1.807) is 24.3 Å². The molecule has 0 atom stereocenters. The van der Waals surface area contributed by atoms with Gasteiger partial charge in [-0.25, -0.2) is 9.59 Å². The summed E-state index contributed by atoms with van der Waals surface area (Å²) in [6.45, 7) is 3.86. The van der Waals surface area contributed by atoms with Crippen molar-refractivity contribution in [2.45, 2.75) is 23.6 Å². The summed E-state index contributed by atoms with van der Waals surface area (Å²) in [6.07, 6.45) is 0. The minimum absolute atomic E-state index is 0.0646. The maximum Gasteiger partial charge on any atom is 0.339 e. The van der Waals surface area contributed by atoms with Crippen molar-refractivity contribution in [1.29, 1.82) is 0 Å². The number of nitrogens with one attached hydrogen (secondary N) is 4. The lowest BCUT2D eigenvalue weighted by atomic mass is 10.2. The van der Waals surface area contributed by atoms with E-state index in [9.17, 15) is 26.4 Å². The quantitative estimate of drug-likeness (QED) is 0.113. The first kappa shape index (κ1) is 33.5. The Morgan fingerprint density at radius 2 is 0.750 bits per heavy atom. The first-order chi connectivity index (χ1) is 22.8. The maximum absolute atomic E-state index is 13.0. The van der Waals surface area contributed by atoms with E-state index in [0.29, 0.717) is 22.7 Å². The van der Waals surface area contributed by atoms with Gasteiger partial charge in [-0.05, 0) is 105 Å². The summed E-state index contributed by atoms with van der Waals surface area (Å²) >= 11 is 0. The molecule has 0 aliphatic carbocycles. The molecule has 5 aromatic rings. The molecule has 12 nitrogen and oxygen atoms in total. The highest BCUT2D eigenvalue weighted by molar-refractivity contribution is 7.88. The summed E-state index contributed by atoms with van der Waals surface area (Å²) in [5.74, 6) is -0.129. The van der Waals surface area contributed by atoms with Gasteiger partial charge in [0.25, 0.3) is 0 Å². The zero-order chi connectivity index (χ0) is 34.3. The van der Waals surface area contributed by atoms with Gasteiger partial charge >= 0.3 is 32.3 Å². The molecule has 0 aliphatic rings. The Morgan fingerprint density at radius 3 is 1.06 bits per heavy atom. The van der Waals surface area contributed by atoms with Gasteiger partial charge in [0.15, 0.2) is 0 Å². The van der Waals surface area contributed by atoms with Crippen molar-refractivity contribution in [2.24, 2.45) is 0 Å². The second-order valence-electron chi connectivity index (χ2n) is 10.5. The van der Waals surface area contributed by atoms with Crippen LogP contribution in [0.15, 0.2) is 131 Å². The molecule has 0 saturated heterocycles. The Morgan fingerprint density at radius 1 is 0.458 bits per heavy atom. The van der Waals surface area contributed by atoms with Gasteiger partial charge in [0.05, 0.1) is 0 Å². The molecule has 0 fully saturated rings. The van der Waals surface area contributed by atoms with Gasteiger partial charge in [-0.15, -0.1) is 0 Å². The van der Waals surface area contributed by atoms with Gasteiger partial charge in [-0.3, -0.25) is 0 Å². The highest BCUT2D eigenvalue weighted by Crippen LogP contribution is 2.25. The second-order valence-corrected chi connectivity index (χ2v) is 13.6. The van der Waals surface area contributed by atoms with Crippen LogP contribution in [0, 0.1) is 13.8 Å². The number of carbonyl (C=O) groups is 2. The predicted octanol–water partition coefficient (Wildman–Crippen LogP) is 7.13. The van der Waals surface area contributed by atoms with Crippen LogP contribution in [0.25, 0.3) is 0 Å². The number of rotatable bonds is 10. The minimum Gasteiger partial charge on any atom is -0.379 e. The summed E-state index contributed by atoms with van der Waals surface area (Å²) in [6, 6.07) is 29.2. The van der Waals surface area contributed by atoms with E-state index in [4.69, 9.17) is 8.37 Å². The van der Waals surface area contributed by atoms with Crippen molar-refractivity contribution in [3.63, 3.8) is 0 Å². The minimum atomic E-state index is -4.46. The molecule has 0 heterocycles. The lowest BCUT2D eigenvalue weighted by Crippen LogP contribution is -2.19. The zero-order valence-electron chi connectivity index (χ0n) is 25.6. The van der Waals surface area contributed by atoms with Crippen LogP contribution < -0.4 is 29.6 Å². The molecule has 246 valence electrons. The van der Waals surface area contributed by atoms with E-state index in [1.165, 1.54) is 66.7 Å². The molecule has 5 aromatic carbocycles. The SMILES string of the molecule is Cc1ccc(NC(=O)Nc2ccc(OS(=O)(=O)c3cccc(S(=O)(=O)Oc4ccc(NC(=O)Nc5ccc(C)cc5)cc4)c3)cc2)cc1. The van der Waals surface area contributed by atoms with E-state index in [1.807, 2.05) is 38.1 Å². The van der Waals surface area contributed by atoms with Crippen LogP contribution in [0.1, 0.15) is 11.1 Å². The number of anilines is 4. The molecular formula is C34H30N4O8S2. The number of urea groups is 2. The lowest BCUT2D eigenvalue weighted by Gasteiger charge is -2.11. The van der Waals surface area contributed by atoms with Crippen LogP contribution >= 0.6 is 0 Å². The predicted molar refractivity (Wildman–Crippen MR) is 183 cm³/mol. The standard InChI is InChI=1S/C34H30N4O8S2/c1-23-6-10-25(11-7-23)35-33(39)37-27-14-18-29(19-15-27)45-47(41,42)31-4-3-5-32(22-31)48(43,44)46-30-20-16-28(17-21-30)38-34(40)36-26-12-8-24(2)9-13-26/h3-22H,1-2H3,(H2,35,37,39)(H2,36,38,40). The number of carbonyl (C=O) groups excluding carboxylic acids is 2. The molecule has 4 amide bonds. The normalized spacial score (nSPS) is 11.2. The molecule has 0 saturated carbocycles. The van der Waals surface area contributed by atoms with Gasteiger partial charge in [0.1, 0.15) is 21.3 Å². The van der Waals surface area contributed by atoms with E-state index < -0.39 is 42.1 Å². The van der Waals surface area contributed by atoms with Gasteiger partial charge < -0.3 is 29.6 Å². The van der Waals surface area contributed by atoms with Crippen molar-refractivity contribution in [3.8, 4) is 11.5 Å². The van der Waals surface area contributed by atoms with E-state index in [2.05, 4.69) is 21.3 Å². The lowest BCUT2D eigenvalue weighted by molar-refractivity contribution is 0.261. The van der Waals surface area contributed by atoms with Gasteiger partial charge in [-0.2, -0.15) is 16.8 Å². The summed E-state index contributed by atoms with van der Waals surface area (Å²) < 4.78 is 62.4. The number of amides is 4. The first-order valence-corrected chi connectivity index (χ1v) is 17.1. The Labute approximate surface area is 278 Å². The largest absolute Gasteiger partial charge is 0.379 e. The Bertz CT molecular complexity index is 1990. The molecule has 4 N–H and O–H groups in total. The number of hydrogen-bond acceptors (Lipinski definition) is 8. The van der Waals surface area contributed by atoms with Crippen molar-refractivity contribution >= 4 is 55.0 Å². The molecule has 5 rings (SSSR count). The summed E-state index contributed by atoms with van der Waals surface area (Å²) in [5.41, 5.74) is 4.06. The van der Waals surface area contributed by atoms with Crippen molar-refractivity contribution in [3.05, 3.63) is 132 Å². The topological polar surface area (TPSA) is 169 Å². The molecule has 0 bridgehead atoms. The number of hydrogen-bond donors (Lipinski definition) is 4. The molecule has 0 spiro atoms. The van der Waals surface area contributed by atoms with E-state index in [-0.39, 0.29) is 11.5 Å². The van der Waals surface area contributed by atoms with Crippen LogP contribution in [0.4, 0.5) is 32.3 Å². The summed E-state index contributed by atoms with van der Waals surface area (Å²) in [7, 11) is -8.91. The highest BCUT2D eigenvalue weighted by atomic mass is 32.2. The van der Waals surface area contributed by atoms with Crippen molar-refractivity contribution < 1.29 is 34.8 Å². The van der Waals surface area contributed by atoms with Crippen LogP contribution in [0.5, 0.6) is 11.5 Å². The molecule has 0 unspecified atom stereocenters. The third-order valence-corrected chi connectivity index (χ3v) is 9.12. The number of aryl methyl sites for hydroxylation is 2. The molecule has 14 heteroatoms. The average molecular weight is 687 g/mol. The molecule has 0 radical (unpaired) electrons. The van der Waals surface area contributed by atoms with Crippen LogP contribution in [0.3, 0.4) is 0 Å². The summed E-state index contributed by atoms with van der Waals surface area (Å²) in [5, 5.41) is 10.6. The Kier molecular flexibility index (Phi) is 9.96. The zero-order valence-corrected chi connectivity index (χ0v) is 27.3. The monoisotopic (exact) mass is 686 g/mol. The Hall–Kier alpha value is -5.86. The number of benzene rings is 5. The summed E-state index contributed by atoms with van der Waals surface area (Å²) in [4.78, 5) is 23.7. The van der Waals surface area contributed by atoms with Crippen molar-refractivity contribution in [1.82, 2.24) is 0 Å². The van der Waals surface area contributed by atoms with Crippen LogP contribution in [0.2, 0.25) is 0 Å². The van der Waals surface area contributed by atoms with Gasteiger partial charge in [0, 0.05) is 22.7 Å². The van der Waals surface area contributed by atoms with Gasteiger partial charge in [0.2, 0.25) is 0 Å².